The van der Waals surface area contributed by atoms with Gasteiger partial charge in [0.1, 0.15) is 6.33 Å². The number of aromatic nitrogens is 2. The summed E-state index contributed by atoms with van der Waals surface area (Å²) in [6, 6.07) is 0. The van der Waals surface area contributed by atoms with Crippen LogP contribution in [0.4, 0.5) is 0 Å². The molecule has 112 valence electrons. The fourth-order valence-corrected chi connectivity index (χ4v) is 5.48. The lowest BCUT2D eigenvalue weighted by molar-refractivity contribution is 0.587. The third kappa shape index (κ3) is 3.89. The molecule has 0 aromatic carbocycles. The molecule has 1 aliphatic carbocycles. The van der Waals surface area contributed by atoms with E-state index in [1.165, 1.54) is 6.33 Å². The van der Waals surface area contributed by atoms with E-state index in [1.54, 1.807) is 0 Å². The Balaban J connectivity index is 2.37. The summed E-state index contributed by atoms with van der Waals surface area (Å²) in [5.41, 5.74) is 1.39. The Labute approximate surface area is 122 Å². The zero-order valence-electron chi connectivity index (χ0n) is 10.7. The summed E-state index contributed by atoms with van der Waals surface area (Å²) in [5.74, 6) is -1.17. The first-order valence-corrected chi connectivity index (χ1v) is 10.4. The van der Waals surface area contributed by atoms with Gasteiger partial charge in [-0.1, -0.05) is 6.42 Å². The normalized spacial score (nSPS) is 16.4. The van der Waals surface area contributed by atoms with E-state index in [9.17, 15) is 16.8 Å². The van der Waals surface area contributed by atoms with Gasteiger partial charge in [0, 0.05) is 21.9 Å². The zero-order chi connectivity index (χ0) is 14.8. The molecule has 1 heterocycles. The summed E-state index contributed by atoms with van der Waals surface area (Å²) >= 11 is 0. The predicted octanol–water partition coefficient (Wildman–Crippen LogP) is 1.09. The van der Waals surface area contributed by atoms with Crippen molar-refractivity contribution in [3.8, 4) is 0 Å². The van der Waals surface area contributed by atoms with E-state index >= 15 is 0 Å². The largest absolute Gasteiger partial charge is 0.241 e. The topological polar surface area (TPSA) is 94.1 Å². The third-order valence-electron chi connectivity index (χ3n) is 3.23. The van der Waals surface area contributed by atoms with Gasteiger partial charge in [-0.3, -0.25) is 0 Å². The number of nitrogens with zero attached hydrogens (tertiary/aromatic N) is 2. The van der Waals surface area contributed by atoms with Crippen LogP contribution >= 0.6 is 10.7 Å². The van der Waals surface area contributed by atoms with Gasteiger partial charge in [-0.15, -0.1) is 0 Å². The Morgan fingerprint density at radius 2 is 1.70 bits per heavy atom. The fraction of sp³-hybridized carbons (Fsp3) is 0.636. The van der Waals surface area contributed by atoms with E-state index < -0.39 is 30.4 Å². The summed E-state index contributed by atoms with van der Waals surface area (Å²) in [6.07, 6.45) is 5.45. The summed E-state index contributed by atoms with van der Waals surface area (Å²) in [7, 11) is -2.54. The smallest absolute Gasteiger partial charge is 0.233 e. The highest BCUT2D eigenvalue weighted by molar-refractivity contribution is 8.14. The van der Waals surface area contributed by atoms with Gasteiger partial charge in [-0.2, -0.15) is 0 Å². The molecule has 0 unspecified atom stereocenters. The van der Waals surface area contributed by atoms with Gasteiger partial charge < -0.3 is 0 Å². The van der Waals surface area contributed by atoms with Crippen LogP contribution in [-0.2, 0) is 31.7 Å². The molecule has 6 nitrogen and oxygen atoms in total. The first kappa shape index (κ1) is 15.7. The van der Waals surface area contributed by atoms with Crippen molar-refractivity contribution in [1.29, 1.82) is 0 Å². The molecule has 1 aliphatic rings. The number of halogens is 1. The third-order valence-corrected chi connectivity index (χ3v) is 6.32. The molecule has 2 rings (SSSR count). The minimum Gasteiger partial charge on any atom is -0.241 e. The molecular weight excluding hydrogens is 324 g/mol. The number of aryl methyl sites for hydroxylation is 1. The minimum atomic E-state index is -3.84. The molecule has 0 bridgehead atoms. The van der Waals surface area contributed by atoms with E-state index in [0.717, 1.165) is 31.4 Å². The first-order chi connectivity index (χ1) is 9.30. The molecule has 0 radical (unpaired) electrons. The van der Waals surface area contributed by atoms with Crippen molar-refractivity contribution in [1.82, 2.24) is 9.97 Å². The van der Waals surface area contributed by atoms with Crippen molar-refractivity contribution in [2.45, 2.75) is 37.1 Å². The van der Waals surface area contributed by atoms with E-state index in [0.29, 0.717) is 12.0 Å². The first-order valence-electron chi connectivity index (χ1n) is 6.27. The number of sulfone groups is 1. The maximum absolute atomic E-state index is 12.2. The second-order valence-electron chi connectivity index (χ2n) is 4.73. The Kier molecular flexibility index (Phi) is 4.66. The average molecular weight is 339 g/mol. The van der Waals surface area contributed by atoms with Crippen LogP contribution in [0.2, 0.25) is 0 Å². The molecule has 0 amide bonds. The molecule has 0 saturated heterocycles. The van der Waals surface area contributed by atoms with Crippen LogP contribution < -0.4 is 0 Å². The second-order valence-corrected chi connectivity index (χ2v) is 9.65. The molecule has 1 aromatic rings. The molecule has 1 aromatic heterocycles. The van der Waals surface area contributed by atoms with Crippen molar-refractivity contribution < 1.29 is 16.8 Å². The maximum atomic E-state index is 12.2. The minimum absolute atomic E-state index is 0.0373. The highest BCUT2D eigenvalue weighted by atomic mass is 35.7. The Morgan fingerprint density at radius 1 is 1.00 bits per heavy atom. The van der Waals surface area contributed by atoms with Gasteiger partial charge in [-0.05, 0) is 25.7 Å². The molecule has 20 heavy (non-hydrogen) atoms. The van der Waals surface area contributed by atoms with Gasteiger partial charge in [0.25, 0.3) is 0 Å². The molecule has 9 heteroatoms. The van der Waals surface area contributed by atoms with E-state index in [2.05, 4.69) is 9.97 Å². The summed E-state index contributed by atoms with van der Waals surface area (Å²) in [5, 5.41) is -0.0373. The average Bonchev–Trinajstić information content (AvgIpc) is 2.60. The summed E-state index contributed by atoms with van der Waals surface area (Å²) < 4.78 is 46.3. The van der Waals surface area contributed by atoms with Crippen molar-refractivity contribution in [2.24, 2.45) is 0 Å². The Bertz CT molecular complexity index is 701. The van der Waals surface area contributed by atoms with Gasteiger partial charge >= 0.3 is 0 Å². The number of hydrogen-bond donors (Lipinski definition) is 0. The van der Waals surface area contributed by atoms with Crippen LogP contribution in [0.3, 0.4) is 0 Å². The Hall–Kier alpha value is -0.730. The summed E-state index contributed by atoms with van der Waals surface area (Å²) in [6.45, 7) is 0. The number of hydrogen-bond acceptors (Lipinski definition) is 6. The second kappa shape index (κ2) is 5.95. The predicted molar refractivity (Wildman–Crippen MR) is 75.0 cm³/mol. The van der Waals surface area contributed by atoms with Gasteiger partial charge in [0.05, 0.1) is 11.5 Å². The van der Waals surface area contributed by atoms with Crippen molar-refractivity contribution in [3.05, 3.63) is 17.6 Å². The van der Waals surface area contributed by atoms with E-state index in [1.807, 2.05) is 0 Å². The van der Waals surface area contributed by atoms with Crippen LogP contribution in [0.15, 0.2) is 11.4 Å². The monoisotopic (exact) mass is 338 g/mol. The lowest BCUT2D eigenvalue weighted by Crippen LogP contribution is -2.18. The highest BCUT2D eigenvalue weighted by Gasteiger charge is 2.25. The molecule has 0 spiro atoms. The van der Waals surface area contributed by atoms with Crippen molar-refractivity contribution in [2.75, 3.05) is 11.5 Å². The Morgan fingerprint density at radius 3 is 2.40 bits per heavy atom. The van der Waals surface area contributed by atoms with Crippen molar-refractivity contribution >= 4 is 29.6 Å². The number of fused-ring (bicyclic) bond motifs is 1. The zero-order valence-corrected chi connectivity index (χ0v) is 13.1. The number of rotatable bonds is 4. The van der Waals surface area contributed by atoms with Gasteiger partial charge in [0.2, 0.25) is 9.05 Å². The van der Waals surface area contributed by atoms with Crippen LogP contribution in [-0.4, -0.2) is 38.3 Å². The van der Waals surface area contributed by atoms with Crippen LogP contribution in [0.25, 0.3) is 0 Å². The standard InChI is InChI=1S/C11H15ClN2O4S2/c12-20(17,18)7-6-19(15,16)11-9-4-2-1-3-5-10(9)13-8-14-11/h8H,1-7H2. The lowest BCUT2D eigenvalue weighted by atomic mass is 10.1. The molecule has 0 fully saturated rings. The van der Waals surface area contributed by atoms with Gasteiger partial charge in [0.15, 0.2) is 14.9 Å². The van der Waals surface area contributed by atoms with E-state index in [4.69, 9.17) is 10.7 Å². The SMILES string of the molecule is O=S(=O)(Cl)CCS(=O)(=O)c1ncnc2c1CCCCC2. The molecule has 0 aliphatic heterocycles. The fourth-order valence-electron chi connectivity index (χ4n) is 2.24. The lowest BCUT2D eigenvalue weighted by Gasteiger charge is -2.10. The maximum Gasteiger partial charge on any atom is 0.233 e. The molecule has 0 saturated carbocycles. The quantitative estimate of drug-likeness (QED) is 0.463. The van der Waals surface area contributed by atoms with Crippen molar-refractivity contribution in [3.63, 3.8) is 0 Å². The van der Waals surface area contributed by atoms with Gasteiger partial charge in [-0.25, -0.2) is 26.8 Å². The summed E-state index contributed by atoms with van der Waals surface area (Å²) in [4.78, 5) is 8.01. The molecule has 0 N–H and O–H groups in total. The van der Waals surface area contributed by atoms with Crippen LogP contribution in [0.1, 0.15) is 30.5 Å². The highest BCUT2D eigenvalue weighted by Crippen LogP contribution is 2.24. The molecular formula is C11H15ClN2O4S2. The van der Waals surface area contributed by atoms with Crippen LogP contribution in [0.5, 0.6) is 0 Å². The van der Waals surface area contributed by atoms with Crippen LogP contribution in [0, 0.1) is 0 Å². The molecule has 0 atom stereocenters. The van der Waals surface area contributed by atoms with E-state index in [-0.39, 0.29) is 5.03 Å².